The van der Waals surface area contributed by atoms with Gasteiger partial charge in [0.25, 0.3) is 0 Å². The molecule has 2 aliphatic rings. The lowest BCUT2D eigenvalue weighted by molar-refractivity contribution is 0.0139. The molecule has 0 amide bonds. The van der Waals surface area contributed by atoms with Crippen molar-refractivity contribution >= 4 is 0 Å². The highest BCUT2D eigenvalue weighted by molar-refractivity contribution is 5.05. The summed E-state index contributed by atoms with van der Waals surface area (Å²) in [6, 6.07) is 0.754. The van der Waals surface area contributed by atoms with Gasteiger partial charge in [0.1, 0.15) is 0 Å². The Morgan fingerprint density at radius 3 is 1.94 bits per heavy atom. The summed E-state index contributed by atoms with van der Waals surface area (Å²) in [5.41, 5.74) is 0.611. The number of hydrogen-bond acceptors (Lipinski definition) is 2. The average Bonchev–Trinajstić information content (AvgIpc) is 2.54. The molecule has 2 fully saturated rings. The van der Waals surface area contributed by atoms with Crippen LogP contribution < -0.4 is 0 Å². The highest BCUT2D eigenvalue weighted by atomic mass is 15.3. The lowest BCUT2D eigenvalue weighted by Crippen LogP contribution is -2.58. The molecule has 0 spiro atoms. The van der Waals surface area contributed by atoms with E-state index in [1.807, 2.05) is 0 Å². The number of rotatable bonds is 1. The van der Waals surface area contributed by atoms with E-state index >= 15 is 0 Å². The van der Waals surface area contributed by atoms with Crippen LogP contribution in [0.15, 0.2) is 0 Å². The minimum absolute atomic E-state index is 0.293. The van der Waals surface area contributed by atoms with Crippen molar-refractivity contribution in [1.82, 2.24) is 9.80 Å². The van der Waals surface area contributed by atoms with Crippen LogP contribution in [-0.2, 0) is 0 Å². The summed E-state index contributed by atoms with van der Waals surface area (Å²) in [5, 5.41) is 0. The predicted octanol–water partition coefficient (Wildman–Crippen LogP) is 3.37. The van der Waals surface area contributed by atoms with Crippen molar-refractivity contribution in [3.05, 3.63) is 0 Å². The third kappa shape index (κ3) is 2.60. The van der Waals surface area contributed by atoms with E-state index in [-0.39, 0.29) is 0 Å². The monoisotopic (exact) mass is 252 g/mol. The van der Waals surface area contributed by atoms with Crippen LogP contribution in [0, 0.1) is 5.92 Å². The van der Waals surface area contributed by atoms with E-state index in [1.165, 1.54) is 38.9 Å². The molecule has 2 nitrogen and oxygen atoms in total. The Morgan fingerprint density at radius 1 is 0.944 bits per heavy atom. The fourth-order valence-electron chi connectivity index (χ4n) is 4.24. The van der Waals surface area contributed by atoms with Gasteiger partial charge in [0.15, 0.2) is 0 Å². The number of piperidine rings is 1. The Morgan fingerprint density at radius 2 is 1.50 bits per heavy atom. The Hall–Kier alpha value is -0.0800. The zero-order chi connectivity index (χ0) is 13.6. The summed E-state index contributed by atoms with van der Waals surface area (Å²) in [7, 11) is 0. The highest BCUT2D eigenvalue weighted by Crippen LogP contribution is 2.38. The Kier molecular flexibility index (Phi) is 3.81. The summed E-state index contributed by atoms with van der Waals surface area (Å²) in [5.74, 6) is 0.935. The van der Waals surface area contributed by atoms with Crippen molar-refractivity contribution in [3.63, 3.8) is 0 Å². The van der Waals surface area contributed by atoms with Gasteiger partial charge in [-0.25, -0.2) is 0 Å². The van der Waals surface area contributed by atoms with Crippen LogP contribution in [-0.4, -0.2) is 46.6 Å². The van der Waals surface area contributed by atoms with Gasteiger partial charge in [-0.15, -0.1) is 0 Å². The minimum Gasteiger partial charge on any atom is -0.298 e. The maximum Gasteiger partial charge on any atom is 0.0314 e. The topological polar surface area (TPSA) is 6.48 Å². The largest absolute Gasteiger partial charge is 0.298 e. The molecule has 2 heterocycles. The number of nitrogens with zero attached hydrogens (tertiary/aromatic N) is 2. The molecule has 0 saturated carbocycles. The first-order chi connectivity index (χ1) is 8.23. The lowest BCUT2D eigenvalue weighted by Gasteiger charge is -2.48. The van der Waals surface area contributed by atoms with Gasteiger partial charge in [-0.05, 0) is 72.9 Å². The molecule has 18 heavy (non-hydrogen) atoms. The number of hydrogen-bond donors (Lipinski definition) is 0. The molecule has 0 radical (unpaired) electrons. The van der Waals surface area contributed by atoms with Crippen molar-refractivity contribution in [2.45, 2.75) is 77.9 Å². The van der Waals surface area contributed by atoms with Gasteiger partial charge in [-0.3, -0.25) is 9.80 Å². The van der Waals surface area contributed by atoms with Gasteiger partial charge < -0.3 is 0 Å². The van der Waals surface area contributed by atoms with Crippen molar-refractivity contribution in [3.8, 4) is 0 Å². The molecule has 0 aliphatic carbocycles. The Labute approximate surface area is 114 Å². The van der Waals surface area contributed by atoms with E-state index in [1.54, 1.807) is 0 Å². The van der Waals surface area contributed by atoms with Gasteiger partial charge in [-0.2, -0.15) is 0 Å². The standard InChI is InChI=1S/C16H32N2/c1-13-7-10-17(11-8-13)14-9-12-18(15(2,3)4)16(14,5)6/h13-14H,7-12H2,1-6H3. The van der Waals surface area contributed by atoms with Crippen LogP contribution >= 0.6 is 0 Å². The maximum absolute atomic E-state index is 2.77. The fraction of sp³-hybridized carbons (Fsp3) is 1.00. The molecule has 0 bridgehead atoms. The molecule has 2 heteroatoms. The van der Waals surface area contributed by atoms with Crippen LogP contribution in [0.3, 0.4) is 0 Å². The molecule has 0 aromatic heterocycles. The van der Waals surface area contributed by atoms with Crippen LogP contribution in [0.5, 0.6) is 0 Å². The lowest BCUT2D eigenvalue weighted by atomic mass is 9.88. The van der Waals surface area contributed by atoms with E-state index in [0.29, 0.717) is 11.1 Å². The van der Waals surface area contributed by atoms with Gasteiger partial charge in [0, 0.05) is 23.7 Å². The van der Waals surface area contributed by atoms with Gasteiger partial charge in [0.05, 0.1) is 0 Å². The predicted molar refractivity (Wildman–Crippen MR) is 78.9 cm³/mol. The summed E-state index contributed by atoms with van der Waals surface area (Å²) in [6.07, 6.45) is 4.13. The summed E-state index contributed by atoms with van der Waals surface area (Å²) >= 11 is 0. The van der Waals surface area contributed by atoms with E-state index in [4.69, 9.17) is 0 Å². The van der Waals surface area contributed by atoms with Gasteiger partial charge in [-0.1, -0.05) is 6.92 Å². The second kappa shape index (κ2) is 4.79. The molecule has 106 valence electrons. The molecule has 1 atom stereocenters. The van der Waals surface area contributed by atoms with E-state index in [2.05, 4.69) is 51.3 Å². The molecule has 2 saturated heterocycles. The van der Waals surface area contributed by atoms with Crippen molar-refractivity contribution in [2.24, 2.45) is 5.92 Å². The quantitative estimate of drug-likeness (QED) is 0.706. The second-order valence-corrected chi connectivity index (χ2v) is 8.00. The van der Waals surface area contributed by atoms with Crippen LogP contribution in [0.2, 0.25) is 0 Å². The summed E-state index contributed by atoms with van der Waals surface area (Å²) in [4.78, 5) is 5.48. The third-order valence-electron chi connectivity index (χ3n) is 5.21. The van der Waals surface area contributed by atoms with E-state index < -0.39 is 0 Å². The molecular weight excluding hydrogens is 220 g/mol. The first-order valence-electron chi connectivity index (χ1n) is 7.74. The third-order valence-corrected chi connectivity index (χ3v) is 5.21. The molecule has 0 N–H and O–H groups in total. The van der Waals surface area contributed by atoms with Gasteiger partial charge in [0.2, 0.25) is 0 Å². The zero-order valence-corrected chi connectivity index (χ0v) is 13.3. The molecule has 0 aromatic carbocycles. The van der Waals surface area contributed by atoms with E-state index in [9.17, 15) is 0 Å². The highest BCUT2D eigenvalue weighted by Gasteiger charge is 2.48. The molecule has 0 aromatic rings. The smallest absolute Gasteiger partial charge is 0.0314 e. The number of likely N-dealkylation sites (tertiary alicyclic amines) is 2. The van der Waals surface area contributed by atoms with Crippen molar-refractivity contribution in [1.29, 1.82) is 0 Å². The Balaban J connectivity index is 2.07. The first kappa shape index (κ1) is 14.3. The van der Waals surface area contributed by atoms with E-state index in [0.717, 1.165) is 12.0 Å². The molecular formula is C16H32N2. The van der Waals surface area contributed by atoms with Crippen molar-refractivity contribution in [2.75, 3.05) is 19.6 Å². The van der Waals surface area contributed by atoms with Crippen molar-refractivity contribution < 1.29 is 0 Å². The second-order valence-electron chi connectivity index (χ2n) is 8.00. The first-order valence-corrected chi connectivity index (χ1v) is 7.74. The SMILES string of the molecule is CC1CCN(C2CCN(C(C)(C)C)C2(C)C)CC1. The van der Waals surface area contributed by atoms with Crippen LogP contribution in [0.1, 0.15) is 60.8 Å². The minimum atomic E-state index is 0.293. The fourth-order valence-corrected chi connectivity index (χ4v) is 4.24. The van der Waals surface area contributed by atoms with Gasteiger partial charge >= 0.3 is 0 Å². The molecule has 1 unspecified atom stereocenters. The van der Waals surface area contributed by atoms with Crippen LogP contribution in [0.4, 0.5) is 0 Å². The normalized spacial score (nSPS) is 32.0. The summed E-state index contributed by atoms with van der Waals surface area (Å²) in [6.45, 7) is 18.3. The molecule has 2 aliphatic heterocycles. The Bertz CT molecular complexity index is 282. The maximum atomic E-state index is 2.77. The molecule has 2 rings (SSSR count). The summed E-state index contributed by atoms with van der Waals surface area (Å²) < 4.78 is 0. The zero-order valence-electron chi connectivity index (χ0n) is 13.3. The average molecular weight is 252 g/mol. The van der Waals surface area contributed by atoms with Crippen LogP contribution in [0.25, 0.3) is 0 Å².